The third kappa shape index (κ3) is 5.02. The number of carbonyl (C=O) groups is 1. The van der Waals surface area contributed by atoms with Crippen molar-refractivity contribution in [2.75, 3.05) is 26.7 Å². The fourth-order valence-corrected chi connectivity index (χ4v) is 5.58. The monoisotopic (exact) mass is 394 g/mol. The van der Waals surface area contributed by atoms with Gasteiger partial charge in [0, 0.05) is 19.6 Å². The van der Waals surface area contributed by atoms with Crippen molar-refractivity contribution in [2.45, 2.75) is 49.8 Å². The van der Waals surface area contributed by atoms with E-state index in [0.717, 1.165) is 13.0 Å². The van der Waals surface area contributed by atoms with Crippen molar-refractivity contribution in [3.05, 3.63) is 24.3 Å². The highest BCUT2D eigenvalue weighted by Gasteiger charge is 2.33. The molecule has 2 aliphatic rings. The summed E-state index contributed by atoms with van der Waals surface area (Å²) in [5.41, 5.74) is 0. The molecule has 7 heteroatoms. The van der Waals surface area contributed by atoms with Crippen LogP contribution in [0, 0.1) is 11.8 Å². The summed E-state index contributed by atoms with van der Waals surface area (Å²) in [6, 6.07) is 6.40. The molecule has 0 spiro atoms. The molecule has 3 rings (SSSR count). The lowest BCUT2D eigenvalue weighted by molar-refractivity contribution is -0.126. The van der Waals surface area contributed by atoms with Crippen LogP contribution in [0.5, 0.6) is 5.75 Å². The van der Waals surface area contributed by atoms with Gasteiger partial charge in [0.15, 0.2) is 0 Å². The highest BCUT2D eigenvalue weighted by Crippen LogP contribution is 2.26. The molecule has 1 N–H and O–H groups in total. The Balaban J connectivity index is 1.59. The van der Waals surface area contributed by atoms with Crippen molar-refractivity contribution in [1.29, 1.82) is 0 Å². The molecule has 0 unspecified atom stereocenters. The topological polar surface area (TPSA) is 75.7 Å². The van der Waals surface area contributed by atoms with Crippen molar-refractivity contribution in [3.63, 3.8) is 0 Å². The lowest BCUT2D eigenvalue weighted by Crippen LogP contribution is -2.46. The van der Waals surface area contributed by atoms with Gasteiger partial charge in [0.2, 0.25) is 15.9 Å². The molecule has 1 saturated carbocycles. The Morgan fingerprint density at radius 2 is 1.81 bits per heavy atom. The average molecular weight is 395 g/mol. The predicted molar refractivity (Wildman–Crippen MR) is 104 cm³/mol. The molecule has 1 aromatic carbocycles. The second-order valence-corrected chi connectivity index (χ2v) is 9.56. The van der Waals surface area contributed by atoms with Crippen LogP contribution in [0.2, 0.25) is 0 Å². The zero-order chi connectivity index (χ0) is 19.3. The minimum absolute atomic E-state index is 0.00444. The molecular weight excluding hydrogens is 364 g/mol. The summed E-state index contributed by atoms with van der Waals surface area (Å²) >= 11 is 0. The molecule has 2 fully saturated rings. The van der Waals surface area contributed by atoms with E-state index in [-0.39, 0.29) is 23.3 Å². The third-order valence-electron chi connectivity index (χ3n) is 5.74. The Bertz CT molecular complexity index is 727. The zero-order valence-electron chi connectivity index (χ0n) is 16.0. The molecule has 1 aromatic rings. The summed E-state index contributed by atoms with van der Waals surface area (Å²) in [5.74, 6) is 0.920. The Labute approximate surface area is 162 Å². The van der Waals surface area contributed by atoms with E-state index < -0.39 is 10.0 Å². The van der Waals surface area contributed by atoms with E-state index >= 15 is 0 Å². The van der Waals surface area contributed by atoms with E-state index in [1.165, 1.54) is 36.4 Å². The molecule has 0 aromatic heterocycles. The lowest BCUT2D eigenvalue weighted by Gasteiger charge is -2.31. The molecular formula is C20H30N2O4S. The van der Waals surface area contributed by atoms with Gasteiger partial charge in [-0.1, -0.05) is 19.3 Å². The minimum Gasteiger partial charge on any atom is -0.497 e. The molecule has 0 radical (unpaired) electrons. The fourth-order valence-electron chi connectivity index (χ4n) is 4.05. The van der Waals surface area contributed by atoms with Crippen molar-refractivity contribution >= 4 is 15.9 Å². The number of hydrogen-bond acceptors (Lipinski definition) is 4. The first-order valence-corrected chi connectivity index (χ1v) is 11.4. The van der Waals surface area contributed by atoms with Crippen LogP contribution >= 0.6 is 0 Å². The quantitative estimate of drug-likeness (QED) is 0.805. The van der Waals surface area contributed by atoms with E-state index in [1.54, 1.807) is 31.4 Å². The standard InChI is InChI=1S/C20H30N2O4S/c1-26-18-9-11-19(12-10-18)27(24,25)22-13-5-8-17(15-22)20(23)21-14-16-6-3-2-4-7-16/h9-12,16-17H,2-8,13-15H2,1H3,(H,21,23)/t17-/m1/s1. The number of benzene rings is 1. The van der Waals surface area contributed by atoms with Crippen molar-refractivity contribution in [3.8, 4) is 5.75 Å². The maximum atomic E-state index is 12.9. The SMILES string of the molecule is COc1ccc(S(=O)(=O)N2CCC[C@@H](C(=O)NCC3CCCCC3)C2)cc1. The molecule has 0 bridgehead atoms. The number of sulfonamides is 1. The van der Waals surface area contributed by atoms with Gasteiger partial charge >= 0.3 is 0 Å². The van der Waals surface area contributed by atoms with Gasteiger partial charge in [-0.3, -0.25) is 4.79 Å². The second kappa shape index (κ2) is 9.06. The number of nitrogens with zero attached hydrogens (tertiary/aromatic N) is 1. The summed E-state index contributed by atoms with van der Waals surface area (Å²) in [5, 5.41) is 3.07. The van der Waals surface area contributed by atoms with Crippen LogP contribution in [0.25, 0.3) is 0 Å². The van der Waals surface area contributed by atoms with Gasteiger partial charge in [0.05, 0.1) is 17.9 Å². The Morgan fingerprint density at radius 1 is 1.11 bits per heavy atom. The summed E-state index contributed by atoms with van der Waals surface area (Å²) in [7, 11) is -2.04. The van der Waals surface area contributed by atoms with Crippen LogP contribution in [0.4, 0.5) is 0 Å². The first-order chi connectivity index (χ1) is 13.0. The summed E-state index contributed by atoms with van der Waals surface area (Å²) in [4.78, 5) is 12.8. The van der Waals surface area contributed by atoms with E-state index in [9.17, 15) is 13.2 Å². The van der Waals surface area contributed by atoms with Crippen molar-refractivity contribution in [2.24, 2.45) is 11.8 Å². The maximum absolute atomic E-state index is 12.9. The van der Waals surface area contributed by atoms with Crippen LogP contribution in [0.15, 0.2) is 29.2 Å². The molecule has 1 aliphatic heterocycles. The Morgan fingerprint density at radius 3 is 2.48 bits per heavy atom. The largest absolute Gasteiger partial charge is 0.497 e. The van der Waals surface area contributed by atoms with Crippen LogP contribution < -0.4 is 10.1 Å². The number of nitrogens with one attached hydrogen (secondary N) is 1. The summed E-state index contributed by atoms with van der Waals surface area (Å²) in [6.45, 7) is 1.44. The fraction of sp³-hybridized carbons (Fsp3) is 0.650. The molecule has 150 valence electrons. The van der Waals surface area contributed by atoms with Crippen LogP contribution in [-0.4, -0.2) is 45.4 Å². The molecule has 1 saturated heterocycles. The highest BCUT2D eigenvalue weighted by atomic mass is 32.2. The summed E-state index contributed by atoms with van der Waals surface area (Å²) in [6.07, 6.45) is 7.61. The summed E-state index contributed by atoms with van der Waals surface area (Å²) < 4.78 is 32.4. The van der Waals surface area contributed by atoms with Gasteiger partial charge in [-0.05, 0) is 55.9 Å². The van der Waals surface area contributed by atoms with Crippen LogP contribution in [0.1, 0.15) is 44.9 Å². The number of piperidine rings is 1. The molecule has 1 heterocycles. The first-order valence-electron chi connectivity index (χ1n) is 9.92. The lowest BCUT2D eigenvalue weighted by atomic mass is 9.89. The first kappa shape index (κ1) is 20.1. The maximum Gasteiger partial charge on any atom is 0.243 e. The molecule has 6 nitrogen and oxygen atoms in total. The van der Waals surface area contributed by atoms with Crippen molar-refractivity contribution < 1.29 is 17.9 Å². The van der Waals surface area contributed by atoms with Gasteiger partial charge in [0.25, 0.3) is 0 Å². The van der Waals surface area contributed by atoms with Crippen LogP contribution in [0.3, 0.4) is 0 Å². The van der Waals surface area contributed by atoms with Crippen LogP contribution in [-0.2, 0) is 14.8 Å². The minimum atomic E-state index is -3.59. The smallest absolute Gasteiger partial charge is 0.243 e. The normalized spacial score (nSPS) is 22.3. The van der Waals surface area contributed by atoms with Crippen molar-refractivity contribution in [1.82, 2.24) is 9.62 Å². The Kier molecular flexibility index (Phi) is 6.76. The van der Waals surface area contributed by atoms with Gasteiger partial charge < -0.3 is 10.1 Å². The van der Waals surface area contributed by atoms with Gasteiger partial charge in [-0.15, -0.1) is 0 Å². The van der Waals surface area contributed by atoms with Gasteiger partial charge in [0.1, 0.15) is 5.75 Å². The molecule has 1 atom stereocenters. The van der Waals surface area contributed by atoms with E-state index in [1.807, 2.05) is 0 Å². The Hall–Kier alpha value is -1.60. The third-order valence-corrected chi connectivity index (χ3v) is 7.62. The van der Waals surface area contributed by atoms with Gasteiger partial charge in [-0.25, -0.2) is 8.42 Å². The molecule has 27 heavy (non-hydrogen) atoms. The predicted octanol–water partition coefficient (Wildman–Crippen LogP) is 2.79. The molecule has 1 amide bonds. The zero-order valence-corrected chi connectivity index (χ0v) is 16.8. The molecule has 1 aliphatic carbocycles. The average Bonchev–Trinajstić information content (AvgIpc) is 2.73. The van der Waals surface area contributed by atoms with E-state index in [4.69, 9.17) is 4.74 Å². The number of amides is 1. The number of ether oxygens (including phenoxy) is 1. The highest BCUT2D eigenvalue weighted by molar-refractivity contribution is 7.89. The van der Waals surface area contributed by atoms with E-state index in [2.05, 4.69) is 5.32 Å². The number of carbonyl (C=O) groups excluding carboxylic acids is 1. The van der Waals surface area contributed by atoms with Gasteiger partial charge in [-0.2, -0.15) is 4.31 Å². The number of methoxy groups -OCH3 is 1. The van der Waals surface area contributed by atoms with E-state index in [0.29, 0.717) is 24.6 Å². The number of hydrogen-bond donors (Lipinski definition) is 1. The number of rotatable bonds is 6. The second-order valence-electron chi connectivity index (χ2n) is 7.63.